The number of benzene rings is 2. The summed E-state index contributed by atoms with van der Waals surface area (Å²) < 4.78 is 23.4. The Morgan fingerprint density at radius 2 is 1.69 bits per heavy atom. The first-order valence-electron chi connectivity index (χ1n) is 12.3. The number of hydrogen-bond donors (Lipinski definition) is 1. The summed E-state index contributed by atoms with van der Waals surface area (Å²) in [5.41, 5.74) is 7.44. The van der Waals surface area contributed by atoms with E-state index in [-0.39, 0.29) is 28.2 Å². The van der Waals surface area contributed by atoms with Gasteiger partial charge in [0.15, 0.2) is 0 Å². The van der Waals surface area contributed by atoms with Crippen molar-refractivity contribution < 1.29 is 28.5 Å². The number of nitrogens with zero attached hydrogens (tertiary/aromatic N) is 1. The number of fused-ring (bicyclic) bond motifs is 1. The summed E-state index contributed by atoms with van der Waals surface area (Å²) in [6.45, 7) is 5.19. The zero-order valence-corrected chi connectivity index (χ0v) is 23.2. The Labute approximate surface area is 229 Å². The van der Waals surface area contributed by atoms with E-state index in [4.69, 9.17) is 24.7 Å². The summed E-state index contributed by atoms with van der Waals surface area (Å²) in [4.78, 5) is 40.7. The van der Waals surface area contributed by atoms with Crippen LogP contribution in [0.4, 0.5) is 0 Å². The average Bonchev–Trinajstić information content (AvgIpc) is 3.23. The number of carbonyl (C=O) groups excluding carboxylic acids is 2. The van der Waals surface area contributed by atoms with Crippen LogP contribution in [0.5, 0.6) is 11.5 Å². The van der Waals surface area contributed by atoms with Gasteiger partial charge in [-0.05, 0) is 62.2 Å². The molecule has 0 aliphatic carbocycles. The highest BCUT2D eigenvalue weighted by Gasteiger charge is 2.40. The van der Waals surface area contributed by atoms with Crippen LogP contribution in [0.25, 0.3) is 17.5 Å². The molecular weight excluding hydrogens is 520 g/mol. The Morgan fingerprint density at radius 1 is 1.03 bits per heavy atom. The molecule has 9 nitrogen and oxygen atoms in total. The van der Waals surface area contributed by atoms with Crippen LogP contribution in [0, 0.1) is 0 Å². The summed E-state index contributed by atoms with van der Waals surface area (Å²) in [7, 11) is 3.08. The average molecular weight is 551 g/mol. The van der Waals surface area contributed by atoms with Crippen LogP contribution in [0.1, 0.15) is 37.8 Å². The van der Waals surface area contributed by atoms with Crippen molar-refractivity contribution in [1.29, 1.82) is 0 Å². The molecule has 1 aliphatic rings. The molecule has 4 rings (SSSR count). The van der Waals surface area contributed by atoms with Gasteiger partial charge in [-0.2, -0.15) is 0 Å². The lowest BCUT2D eigenvalue weighted by molar-refractivity contribution is -0.140. The van der Waals surface area contributed by atoms with Crippen LogP contribution in [0.2, 0.25) is 0 Å². The lowest BCUT2D eigenvalue weighted by atomic mass is 9.83. The van der Waals surface area contributed by atoms with E-state index in [0.717, 1.165) is 16.9 Å². The zero-order chi connectivity index (χ0) is 28.3. The van der Waals surface area contributed by atoms with E-state index in [9.17, 15) is 14.4 Å². The van der Waals surface area contributed by atoms with E-state index in [1.165, 1.54) is 11.7 Å². The summed E-state index contributed by atoms with van der Waals surface area (Å²) in [5, 5.41) is 0. The number of nitrogens with two attached hydrogens (primary N) is 1. The van der Waals surface area contributed by atoms with Gasteiger partial charge in [-0.15, -0.1) is 11.3 Å². The Bertz CT molecular complexity index is 1630. The third-order valence-corrected chi connectivity index (χ3v) is 7.13. The number of rotatable bonds is 8. The molecule has 0 amide bonds. The summed E-state index contributed by atoms with van der Waals surface area (Å²) in [5.74, 6) is -1.33. The minimum atomic E-state index is -0.965. The summed E-state index contributed by atoms with van der Waals surface area (Å²) in [6.07, 6.45) is 1.23. The highest BCUT2D eigenvalue weighted by molar-refractivity contribution is 7.07. The van der Waals surface area contributed by atoms with E-state index in [1.807, 2.05) is 6.07 Å². The number of aromatic nitrogens is 1. The van der Waals surface area contributed by atoms with Crippen LogP contribution in [-0.2, 0) is 19.1 Å². The van der Waals surface area contributed by atoms with Crippen LogP contribution in [0.15, 0.2) is 58.9 Å². The number of thiazole rings is 1. The largest absolute Gasteiger partial charge is 0.497 e. The molecule has 0 bridgehead atoms. The predicted octanol–water partition coefficient (Wildman–Crippen LogP) is 2.35. The first kappa shape index (κ1) is 27.7. The fourth-order valence-corrected chi connectivity index (χ4v) is 5.53. The Hall–Kier alpha value is -4.31. The van der Waals surface area contributed by atoms with E-state index in [0.29, 0.717) is 21.6 Å². The van der Waals surface area contributed by atoms with Crippen molar-refractivity contribution in [2.75, 3.05) is 20.8 Å². The molecule has 1 aliphatic heterocycles. The fraction of sp³-hybridized carbons (Fsp3) is 0.276. The molecule has 0 unspecified atom stereocenters. The third-order valence-electron chi connectivity index (χ3n) is 6.02. The molecule has 204 valence electrons. The Balaban J connectivity index is 2.11. The SMILES string of the molecule is CCOC(=O)C1=C(N)n2c(s/c(=C/c3cccc(OC)c3)c2=O)=C(C(=O)OC(C)C)[C@H]1c1cccc(OC)c1. The van der Waals surface area contributed by atoms with Crippen molar-refractivity contribution in [2.24, 2.45) is 5.73 Å². The van der Waals surface area contributed by atoms with Crippen molar-refractivity contribution in [1.82, 2.24) is 4.57 Å². The van der Waals surface area contributed by atoms with Gasteiger partial charge >= 0.3 is 11.9 Å². The van der Waals surface area contributed by atoms with Gasteiger partial charge in [-0.3, -0.25) is 9.36 Å². The maximum Gasteiger partial charge on any atom is 0.338 e. The molecule has 39 heavy (non-hydrogen) atoms. The molecule has 10 heteroatoms. The number of esters is 2. The molecule has 0 fully saturated rings. The van der Waals surface area contributed by atoms with Crippen LogP contribution in [-0.4, -0.2) is 43.4 Å². The first-order chi connectivity index (χ1) is 18.7. The zero-order valence-electron chi connectivity index (χ0n) is 22.3. The molecule has 3 aromatic rings. The minimum absolute atomic E-state index is 0.0267. The normalized spacial score (nSPS) is 15.3. The molecule has 2 N–H and O–H groups in total. The molecule has 0 saturated carbocycles. The minimum Gasteiger partial charge on any atom is -0.497 e. The molecule has 1 aromatic heterocycles. The maximum atomic E-state index is 13.7. The van der Waals surface area contributed by atoms with Crippen LogP contribution in [0.3, 0.4) is 0 Å². The van der Waals surface area contributed by atoms with E-state index < -0.39 is 29.5 Å². The fourth-order valence-electron chi connectivity index (χ4n) is 4.37. The van der Waals surface area contributed by atoms with E-state index >= 15 is 0 Å². The lowest BCUT2D eigenvalue weighted by Gasteiger charge is -2.27. The van der Waals surface area contributed by atoms with Gasteiger partial charge in [0.2, 0.25) is 0 Å². The highest BCUT2D eigenvalue weighted by atomic mass is 32.1. The maximum absolute atomic E-state index is 13.7. The first-order valence-corrected chi connectivity index (χ1v) is 13.2. The Kier molecular flexibility index (Phi) is 8.25. The second-order valence-corrected chi connectivity index (χ2v) is 9.96. The third kappa shape index (κ3) is 5.46. The molecule has 2 aromatic carbocycles. The second kappa shape index (κ2) is 11.6. The number of hydrogen-bond acceptors (Lipinski definition) is 9. The van der Waals surface area contributed by atoms with Gasteiger partial charge in [-0.1, -0.05) is 24.3 Å². The van der Waals surface area contributed by atoms with Crippen molar-refractivity contribution in [3.8, 4) is 11.5 Å². The quantitative estimate of drug-likeness (QED) is 0.425. The van der Waals surface area contributed by atoms with Crippen molar-refractivity contribution in [3.05, 3.63) is 84.8 Å². The van der Waals surface area contributed by atoms with Crippen LogP contribution >= 0.6 is 11.3 Å². The van der Waals surface area contributed by atoms with Crippen LogP contribution < -0.4 is 30.0 Å². The second-order valence-electron chi connectivity index (χ2n) is 8.93. The van der Waals surface area contributed by atoms with Gasteiger partial charge in [0, 0.05) is 0 Å². The van der Waals surface area contributed by atoms with E-state index in [1.54, 1.807) is 76.4 Å². The molecular formula is C29H30N2O7S. The summed E-state index contributed by atoms with van der Waals surface area (Å²) >= 11 is 1.09. The lowest BCUT2D eigenvalue weighted by Crippen LogP contribution is -2.42. The standard InChI is InChI=1S/C29H30N2O7S/c1-6-37-28(33)23-22(18-10-8-12-20(15-18)36-5)24(29(34)38-16(2)3)27-31(25(23)30)26(32)21(39-27)14-17-9-7-11-19(13-17)35-4/h7-16,22H,6,30H2,1-5H3/b21-14+/t22-/m0/s1. The van der Waals surface area contributed by atoms with E-state index in [2.05, 4.69) is 0 Å². The number of carbonyl (C=O) groups is 2. The molecule has 1 atom stereocenters. The topological polar surface area (TPSA) is 119 Å². The molecule has 0 radical (unpaired) electrons. The smallest absolute Gasteiger partial charge is 0.338 e. The van der Waals surface area contributed by atoms with Crippen molar-refractivity contribution in [2.45, 2.75) is 32.8 Å². The highest BCUT2D eigenvalue weighted by Crippen LogP contribution is 2.39. The van der Waals surface area contributed by atoms with Gasteiger partial charge in [-0.25, -0.2) is 9.59 Å². The van der Waals surface area contributed by atoms with Gasteiger partial charge < -0.3 is 24.7 Å². The number of ether oxygens (including phenoxy) is 4. The van der Waals surface area contributed by atoms with Gasteiger partial charge in [0.25, 0.3) is 5.56 Å². The predicted molar refractivity (Wildman–Crippen MR) is 149 cm³/mol. The van der Waals surface area contributed by atoms with Crippen molar-refractivity contribution >= 4 is 40.7 Å². The monoisotopic (exact) mass is 550 g/mol. The van der Waals surface area contributed by atoms with Gasteiger partial charge in [0.05, 0.1) is 48.5 Å². The number of methoxy groups -OCH3 is 2. The van der Waals surface area contributed by atoms with Gasteiger partial charge in [0.1, 0.15) is 22.0 Å². The Morgan fingerprint density at radius 3 is 2.33 bits per heavy atom. The van der Waals surface area contributed by atoms with Crippen molar-refractivity contribution in [3.63, 3.8) is 0 Å². The molecule has 0 spiro atoms. The summed E-state index contributed by atoms with van der Waals surface area (Å²) in [6, 6.07) is 14.2. The molecule has 0 saturated heterocycles. The molecule has 2 heterocycles.